The molecule has 7 heteroatoms. The van der Waals surface area contributed by atoms with Crippen LogP contribution in [0.15, 0.2) is 71.8 Å². The number of carbonyl (C=O) groups excluding carboxylic acids is 2. The number of amides is 2. The fraction of sp³-hybridized carbons (Fsp3) is 0.0870. The van der Waals surface area contributed by atoms with Gasteiger partial charge in [-0.3, -0.25) is 9.59 Å². The maximum absolute atomic E-state index is 12.4. The number of hydrogen-bond donors (Lipinski definition) is 2. The molecule has 152 valence electrons. The normalized spacial score (nSPS) is 11.1. The minimum atomic E-state index is -0.333. The topological polar surface area (TPSA) is 70.6 Å². The van der Waals surface area contributed by atoms with Crippen LogP contribution in [0.4, 0.5) is 5.69 Å². The summed E-state index contributed by atoms with van der Waals surface area (Å²) in [7, 11) is 0. The first kappa shape index (κ1) is 21.6. The number of benzene rings is 3. The van der Waals surface area contributed by atoms with E-state index in [4.69, 9.17) is 23.2 Å². The van der Waals surface area contributed by atoms with Crippen LogP contribution >= 0.6 is 23.2 Å². The number of nitrogens with one attached hydrogen (secondary N) is 2. The summed E-state index contributed by atoms with van der Waals surface area (Å²) in [6.45, 7) is 3.66. The Kier molecular flexibility index (Phi) is 6.87. The van der Waals surface area contributed by atoms with E-state index < -0.39 is 0 Å². The summed E-state index contributed by atoms with van der Waals surface area (Å²) in [4.78, 5) is 24.7. The monoisotopic (exact) mass is 439 g/mol. The Hall–Kier alpha value is -3.15. The Morgan fingerprint density at radius 3 is 2.23 bits per heavy atom. The average molecular weight is 440 g/mol. The third-order valence-electron chi connectivity index (χ3n) is 4.45. The molecule has 0 saturated heterocycles. The fourth-order valence-electron chi connectivity index (χ4n) is 2.75. The number of hydrazone groups is 1. The second-order valence-corrected chi connectivity index (χ2v) is 7.45. The van der Waals surface area contributed by atoms with Crippen molar-refractivity contribution in [2.45, 2.75) is 13.8 Å². The van der Waals surface area contributed by atoms with Crippen molar-refractivity contribution >= 4 is 46.4 Å². The lowest BCUT2D eigenvalue weighted by Gasteiger charge is -2.08. The van der Waals surface area contributed by atoms with Gasteiger partial charge in [-0.2, -0.15) is 5.10 Å². The minimum absolute atomic E-state index is 0.267. The highest BCUT2D eigenvalue weighted by Crippen LogP contribution is 2.22. The van der Waals surface area contributed by atoms with E-state index in [0.29, 0.717) is 27.5 Å². The predicted molar refractivity (Wildman–Crippen MR) is 122 cm³/mol. The zero-order valence-corrected chi connectivity index (χ0v) is 17.9. The lowest BCUT2D eigenvalue weighted by molar-refractivity contribution is 0.0953. The van der Waals surface area contributed by atoms with E-state index in [1.165, 1.54) is 6.07 Å². The molecule has 0 aliphatic rings. The van der Waals surface area contributed by atoms with E-state index in [9.17, 15) is 9.59 Å². The van der Waals surface area contributed by atoms with Crippen LogP contribution in [0.3, 0.4) is 0 Å². The number of halogens is 2. The summed E-state index contributed by atoms with van der Waals surface area (Å²) in [5, 5.41) is 7.70. The van der Waals surface area contributed by atoms with Crippen molar-refractivity contribution in [3.63, 3.8) is 0 Å². The van der Waals surface area contributed by atoms with Gasteiger partial charge in [0, 0.05) is 16.3 Å². The Morgan fingerprint density at radius 2 is 1.57 bits per heavy atom. The molecule has 0 aliphatic carbocycles. The van der Waals surface area contributed by atoms with Gasteiger partial charge in [-0.1, -0.05) is 53.5 Å². The standard InChI is InChI=1S/C23H19Cl2N3O2/c1-14-5-3-4-6-19(14)23(30)28-27-15(2)16-7-10-18(11-8-16)26-22(29)20-12-9-17(24)13-21(20)25/h3-13H,1-2H3,(H,26,29)(H,28,30). The molecule has 0 spiro atoms. The molecule has 0 atom stereocenters. The zero-order chi connectivity index (χ0) is 21.7. The highest BCUT2D eigenvalue weighted by molar-refractivity contribution is 6.37. The maximum Gasteiger partial charge on any atom is 0.271 e. The molecule has 0 heterocycles. The predicted octanol–water partition coefficient (Wildman–Crippen LogP) is 5.71. The molecular formula is C23H19Cl2N3O2. The molecule has 3 aromatic carbocycles. The van der Waals surface area contributed by atoms with Crippen LogP contribution < -0.4 is 10.7 Å². The largest absolute Gasteiger partial charge is 0.322 e. The molecule has 0 unspecified atom stereocenters. The summed E-state index contributed by atoms with van der Waals surface area (Å²) in [6.07, 6.45) is 0. The molecule has 5 nitrogen and oxygen atoms in total. The Bertz CT molecular complexity index is 1130. The van der Waals surface area contributed by atoms with E-state index in [1.54, 1.807) is 49.4 Å². The van der Waals surface area contributed by atoms with Gasteiger partial charge in [-0.15, -0.1) is 0 Å². The lowest BCUT2D eigenvalue weighted by Crippen LogP contribution is -2.20. The van der Waals surface area contributed by atoms with Crippen LogP contribution in [0.5, 0.6) is 0 Å². The van der Waals surface area contributed by atoms with Crippen molar-refractivity contribution in [2.75, 3.05) is 5.32 Å². The first-order valence-corrected chi connectivity index (χ1v) is 9.88. The highest BCUT2D eigenvalue weighted by atomic mass is 35.5. The van der Waals surface area contributed by atoms with Crippen LogP contribution in [-0.4, -0.2) is 17.5 Å². The van der Waals surface area contributed by atoms with Gasteiger partial charge in [0.1, 0.15) is 0 Å². The van der Waals surface area contributed by atoms with Crippen LogP contribution in [-0.2, 0) is 0 Å². The van der Waals surface area contributed by atoms with Crippen LogP contribution in [0.1, 0.15) is 38.8 Å². The molecule has 3 aromatic rings. The molecule has 0 aromatic heterocycles. The summed E-state index contributed by atoms with van der Waals surface area (Å²) in [5.41, 5.74) is 6.41. The van der Waals surface area contributed by atoms with Gasteiger partial charge in [-0.25, -0.2) is 5.43 Å². The van der Waals surface area contributed by atoms with Crippen molar-refractivity contribution in [1.29, 1.82) is 0 Å². The van der Waals surface area contributed by atoms with Crippen molar-refractivity contribution in [1.82, 2.24) is 5.43 Å². The Morgan fingerprint density at radius 1 is 0.867 bits per heavy atom. The molecule has 3 rings (SSSR count). The third kappa shape index (κ3) is 5.26. The van der Waals surface area contributed by atoms with Gasteiger partial charge in [0.25, 0.3) is 11.8 Å². The lowest BCUT2D eigenvalue weighted by atomic mass is 10.1. The summed E-state index contributed by atoms with van der Waals surface area (Å²) in [6, 6.07) is 19.1. The van der Waals surface area contributed by atoms with Crippen LogP contribution in [0, 0.1) is 6.92 Å². The van der Waals surface area contributed by atoms with Gasteiger partial charge in [-0.05, 0) is 61.4 Å². The average Bonchev–Trinajstić information content (AvgIpc) is 2.72. The molecule has 0 fully saturated rings. The van der Waals surface area contributed by atoms with Crippen molar-refractivity contribution in [3.8, 4) is 0 Å². The maximum atomic E-state index is 12.4. The smallest absolute Gasteiger partial charge is 0.271 e. The number of rotatable bonds is 5. The number of anilines is 1. The Balaban J connectivity index is 1.66. The summed E-state index contributed by atoms with van der Waals surface area (Å²) in [5.74, 6) is -0.600. The molecule has 0 aliphatic heterocycles. The molecule has 0 radical (unpaired) electrons. The van der Waals surface area contributed by atoms with Crippen LogP contribution in [0.2, 0.25) is 10.0 Å². The third-order valence-corrected chi connectivity index (χ3v) is 5.00. The van der Waals surface area contributed by atoms with E-state index in [-0.39, 0.29) is 16.8 Å². The Labute approximate surface area is 184 Å². The molecule has 30 heavy (non-hydrogen) atoms. The van der Waals surface area contributed by atoms with Gasteiger partial charge in [0.05, 0.1) is 16.3 Å². The zero-order valence-electron chi connectivity index (χ0n) is 16.4. The summed E-state index contributed by atoms with van der Waals surface area (Å²) >= 11 is 11.9. The van der Waals surface area contributed by atoms with Gasteiger partial charge in [0.2, 0.25) is 0 Å². The van der Waals surface area contributed by atoms with E-state index in [0.717, 1.165) is 11.1 Å². The van der Waals surface area contributed by atoms with Crippen molar-refractivity contribution < 1.29 is 9.59 Å². The first-order valence-electron chi connectivity index (χ1n) is 9.12. The molecule has 0 saturated carbocycles. The van der Waals surface area contributed by atoms with Crippen molar-refractivity contribution in [2.24, 2.45) is 5.10 Å². The molecule has 0 bridgehead atoms. The van der Waals surface area contributed by atoms with Crippen molar-refractivity contribution in [3.05, 3.63) is 99.0 Å². The quantitative estimate of drug-likeness (QED) is 0.394. The highest BCUT2D eigenvalue weighted by Gasteiger charge is 2.11. The second kappa shape index (κ2) is 9.57. The number of carbonyl (C=O) groups is 2. The molecular weight excluding hydrogens is 421 g/mol. The summed E-state index contributed by atoms with van der Waals surface area (Å²) < 4.78 is 0. The number of nitrogens with zero attached hydrogens (tertiary/aromatic N) is 1. The van der Waals surface area contributed by atoms with Gasteiger partial charge in [0.15, 0.2) is 0 Å². The van der Waals surface area contributed by atoms with E-state index >= 15 is 0 Å². The minimum Gasteiger partial charge on any atom is -0.322 e. The SMILES string of the molecule is CC(=NNC(=O)c1ccccc1C)c1ccc(NC(=O)c2ccc(Cl)cc2Cl)cc1. The van der Waals surface area contributed by atoms with Gasteiger partial charge >= 0.3 is 0 Å². The fourth-order valence-corrected chi connectivity index (χ4v) is 3.25. The van der Waals surface area contributed by atoms with E-state index in [1.807, 2.05) is 25.1 Å². The number of aryl methyl sites for hydroxylation is 1. The number of hydrogen-bond acceptors (Lipinski definition) is 3. The molecule has 2 amide bonds. The first-order chi connectivity index (χ1) is 14.3. The van der Waals surface area contributed by atoms with E-state index in [2.05, 4.69) is 15.8 Å². The van der Waals surface area contributed by atoms with Crippen LogP contribution in [0.25, 0.3) is 0 Å². The molecule has 2 N–H and O–H groups in total. The van der Waals surface area contributed by atoms with Gasteiger partial charge < -0.3 is 5.32 Å². The second-order valence-electron chi connectivity index (χ2n) is 6.61.